The third-order valence-corrected chi connectivity index (χ3v) is 5.03. The highest BCUT2D eigenvalue weighted by molar-refractivity contribution is 5.81. The molecule has 26 heavy (non-hydrogen) atoms. The van der Waals surface area contributed by atoms with Crippen LogP contribution in [0.5, 0.6) is 11.8 Å². The van der Waals surface area contributed by atoms with Gasteiger partial charge in [0.2, 0.25) is 5.91 Å². The third-order valence-electron chi connectivity index (χ3n) is 5.03. The lowest BCUT2D eigenvalue weighted by Gasteiger charge is -2.18. The van der Waals surface area contributed by atoms with Gasteiger partial charge < -0.3 is 19.5 Å². The number of amides is 1. The topological polar surface area (TPSA) is 100 Å². The molecule has 2 aliphatic heterocycles. The lowest BCUT2D eigenvalue weighted by atomic mass is 10.1. The Labute approximate surface area is 149 Å². The zero-order chi connectivity index (χ0) is 17.5. The molecule has 5 rings (SSSR count). The van der Waals surface area contributed by atoms with Crippen LogP contribution in [0.15, 0.2) is 30.3 Å². The zero-order valence-electron chi connectivity index (χ0n) is 14.0. The number of hydrogen-bond donors (Lipinski definition) is 1. The number of para-hydroxylation sites is 1. The van der Waals surface area contributed by atoms with E-state index in [0.29, 0.717) is 25.0 Å². The fourth-order valence-corrected chi connectivity index (χ4v) is 3.51. The number of rotatable bonds is 5. The molecule has 1 N–H and O–H groups in total. The Morgan fingerprint density at radius 1 is 1.15 bits per heavy atom. The molecule has 0 spiro atoms. The van der Waals surface area contributed by atoms with Gasteiger partial charge in [-0.25, -0.2) is 0 Å². The third kappa shape index (κ3) is 2.82. The summed E-state index contributed by atoms with van der Waals surface area (Å²) in [5.74, 6) is 0.916. The molecule has 1 amide bonds. The second-order valence-electron chi connectivity index (χ2n) is 6.87. The quantitative estimate of drug-likeness (QED) is 0.840. The summed E-state index contributed by atoms with van der Waals surface area (Å²) >= 11 is 0. The van der Waals surface area contributed by atoms with Crippen LogP contribution in [0.2, 0.25) is 0 Å². The van der Waals surface area contributed by atoms with E-state index in [1.807, 2.05) is 30.3 Å². The number of nitrogens with zero attached hydrogens (tertiary/aromatic N) is 4. The minimum atomic E-state index is -0.221. The van der Waals surface area contributed by atoms with Crippen molar-refractivity contribution in [1.29, 1.82) is 0 Å². The van der Waals surface area contributed by atoms with Crippen molar-refractivity contribution < 1.29 is 19.0 Å². The second kappa shape index (κ2) is 6.33. The first-order valence-electron chi connectivity index (χ1n) is 8.84. The number of nitrogens with one attached hydrogen (secondary N) is 1. The Morgan fingerprint density at radius 2 is 1.96 bits per heavy atom. The van der Waals surface area contributed by atoms with Crippen molar-refractivity contribution in [3.05, 3.63) is 30.3 Å². The number of ether oxygens (including phenoxy) is 3. The van der Waals surface area contributed by atoms with Gasteiger partial charge in [-0.05, 0) is 35.4 Å². The summed E-state index contributed by atoms with van der Waals surface area (Å²) in [5, 5.41) is 14.8. The second-order valence-corrected chi connectivity index (χ2v) is 6.87. The van der Waals surface area contributed by atoms with Crippen LogP contribution in [-0.2, 0) is 14.3 Å². The number of carbonyl (C=O) groups excluding carboxylic acids is 1. The molecular formula is C17H19N5O4. The molecule has 1 aromatic carbocycles. The first kappa shape index (κ1) is 15.7. The SMILES string of the molecule is O=C(N[C@H]1CO[C@H]2[C@H]1OC[C@H]2n1nnnc1Oc1ccccc1)C1CC1. The van der Waals surface area contributed by atoms with Crippen LogP contribution in [0.4, 0.5) is 0 Å². The van der Waals surface area contributed by atoms with Gasteiger partial charge in [0, 0.05) is 5.92 Å². The molecule has 2 aromatic rings. The number of carbonyl (C=O) groups is 1. The van der Waals surface area contributed by atoms with E-state index in [0.717, 1.165) is 12.8 Å². The molecule has 0 bridgehead atoms. The number of fused-ring (bicyclic) bond motifs is 1. The van der Waals surface area contributed by atoms with Crippen molar-refractivity contribution in [1.82, 2.24) is 25.5 Å². The maximum absolute atomic E-state index is 12.0. The summed E-state index contributed by atoms with van der Waals surface area (Å²) in [6.45, 7) is 0.836. The molecule has 1 aliphatic carbocycles. The Bertz CT molecular complexity index is 793. The summed E-state index contributed by atoms with van der Waals surface area (Å²) in [6, 6.07) is 9.30. The molecule has 9 heteroatoms. The molecule has 4 atom stereocenters. The minimum Gasteiger partial charge on any atom is -0.423 e. The van der Waals surface area contributed by atoms with E-state index in [4.69, 9.17) is 14.2 Å². The minimum absolute atomic E-state index is 0.0989. The fraction of sp³-hybridized carbons (Fsp3) is 0.529. The summed E-state index contributed by atoms with van der Waals surface area (Å²) in [6.07, 6.45) is 1.53. The summed E-state index contributed by atoms with van der Waals surface area (Å²) < 4.78 is 19.2. The van der Waals surface area contributed by atoms with Gasteiger partial charge in [0.15, 0.2) is 0 Å². The van der Waals surface area contributed by atoms with Gasteiger partial charge in [-0.2, -0.15) is 4.68 Å². The molecule has 0 unspecified atom stereocenters. The van der Waals surface area contributed by atoms with Gasteiger partial charge in [-0.3, -0.25) is 4.79 Å². The lowest BCUT2D eigenvalue weighted by molar-refractivity contribution is -0.123. The molecular weight excluding hydrogens is 338 g/mol. The largest absolute Gasteiger partial charge is 0.423 e. The van der Waals surface area contributed by atoms with Gasteiger partial charge in [0.05, 0.1) is 19.3 Å². The number of benzene rings is 1. The average Bonchev–Trinajstić information content (AvgIpc) is 3.09. The Morgan fingerprint density at radius 3 is 2.77 bits per heavy atom. The van der Waals surface area contributed by atoms with Crippen molar-refractivity contribution in [2.75, 3.05) is 13.2 Å². The molecule has 1 saturated carbocycles. The number of tetrazole rings is 1. The fourth-order valence-electron chi connectivity index (χ4n) is 3.51. The van der Waals surface area contributed by atoms with E-state index in [1.165, 1.54) is 0 Å². The van der Waals surface area contributed by atoms with Crippen molar-refractivity contribution in [2.24, 2.45) is 5.92 Å². The highest BCUT2D eigenvalue weighted by Crippen LogP contribution is 2.36. The average molecular weight is 357 g/mol. The molecule has 9 nitrogen and oxygen atoms in total. The van der Waals surface area contributed by atoms with Crippen LogP contribution in [0.1, 0.15) is 18.9 Å². The number of aromatic nitrogens is 4. The van der Waals surface area contributed by atoms with E-state index in [9.17, 15) is 4.79 Å². The molecule has 3 fully saturated rings. The molecule has 136 valence electrons. The van der Waals surface area contributed by atoms with Crippen molar-refractivity contribution >= 4 is 5.91 Å². The monoisotopic (exact) mass is 357 g/mol. The van der Waals surface area contributed by atoms with Crippen LogP contribution >= 0.6 is 0 Å². The van der Waals surface area contributed by atoms with Gasteiger partial charge in [0.1, 0.15) is 24.0 Å². The lowest BCUT2D eigenvalue weighted by Crippen LogP contribution is -2.44. The van der Waals surface area contributed by atoms with E-state index in [1.54, 1.807) is 4.68 Å². The summed E-state index contributed by atoms with van der Waals surface area (Å²) in [5.41, 5.74) is 0. The van der Waals surface area contributed by atoms with Crippen LogP contribution in [0, 0.1) is 5.92 Å². The van der Waals surface area contributed by atoms with Crippen LogP contribution in [0.3, 0.4) is 0 Å². The number of hydrogen-bond acceptors (Lipinski definition) is 7. The van der Waals surface area contributed by atoms with Crippen molar-refractivity contribution in [2.45, 2.75) is 37.1 Å². The van der Waals surface area contributed by atoms with Gasteiger partial charge in [-0.1, -0.05) is 23.3 Å². The molecule has 2 saturated heterocycles. The highest BCUT2D eigenvalue weighted by Gasteiger charge is 2.50. The Kier molecular flexibility index (Phi) is 3.83. The Balaban J connectivity index is 1.30. The van der Waals surface area contributed by atoms with E-state index < -0.39 is 0 Å². The zero-order valence-corrected chi connectivity index (χ0v) is 14.0. The van der Waals surface area contributed by atoms with Crippen LogP contribution < -0.4 is 10.1 Å². The van der Waals surface area contributed by atoms with E-state index in [-0.39, 0.29) is 36.1 Å². The first-order chi connectivity index (χ1) is 12.8. The Hall–Kier alpha value is -2.52. The van der Waals surface area contributed by atoms with E-state index in [2.05, 4.69) is 20.8 Å². The highest BCUT2D eigenvalue weighted by atomic mass is 16.6. The van der Waals surface area contributed by atoms with Gasteiger partial charge in [0.25, 0.3) is 0 Å². The van der Waals surface area contributed by atoms with E-state index >= 15 is 0 Å². The smallest absolute Gasteiger partial charge is 0.341 e. The van der Waals surface area contributed by atoms with Gasteiger partial charge in [-0.15, -0.1) is 0 Å². The molecule has 3 aliphatic rings. The predicted octanol–water partition coefficient (Wildman–Crippen LogP) is 0.699. The van der Waals surface area contributed by atoms with Crippen LogP contribution in [-0.4, -0.2) is 57.6 Å². The maximum Gasteiger partial charge on any atom is 0.341 e. The molecule has 0 radical (unpaired) electrons. The van der Waals surface area contributed by atoms with Gasteiger partial charge >= 0.3 is 6.01 Å². The summed E-state index contributed by atoms with van der Waals surface area (Å²) in [4.78, 5) is 12.0. The standard InChI is InChI=1S/C17H19N5O4/c23-16(10-6-7-10)18-12-8-24-15-13(9-25-14(12)15)22-17(19-20-21-22)26-11-4-2-1-3-5-11/h1-5,10,12-15H,6-9H2,(H,18,23)/t12-,13+,14-,15+/m0/s1. The normalized spacial score (nSPS) is 30.2. The predicted molar refractivity (Wildman–Crippen MR) is 87.5 cm³/mol. The van der Waals surface area contributed by atoms with Crippen LogP contribution in [0.25, 0.3) is 0 Å². The maximum atomic E-state index is 12.0. The van der Waals surface area contributed by atoms with Crippen molar-refractivity contribution in [3.8, 4) is 11.8 Å². The van der Waals surface area contributed by atoms with Crippen molar-refractivity contribution in [3.63, 3.8) is 0 Å². The molecule has 1 aromatic heterocycles. The summed E-state index contributed by atoms with van der Waals surface area (Å²) in [7, 11) is 0. The molecule has 3 heterocycles. The first-order valence-corrected chi connectivity index (χ1v) is 8.84.